The van der Waals surface area contributed by atoms with Crippen molar-refractivity contribution in [3.63, 3.8) is 0 Å². The molecule has 2 heteroatoms. The lowest BCUT2D eigenvalue weighted by Crippen LogP contribution is -1.84. The maximum Gasteiger partial charge on any atom is 0.0459 e. The third-order valence-electron chi connectivity index (χ3n) is 0.816. The topological polar surface area (TPSA) is 18.5 Å². The van der Waals surface area contributed by atoms with Crippen LogP contribution in [0.5, 0.6) is 0 Å². The molecule has 0 N–H and O–H groups in total. The van der Waals surface area contributed by atoms with Crippen molar-refractivity contribution in [1.82, 2.24) is 0 Å². The Labute approximate surface area is 71.9 Å². The number of methoxy groups -OCH3 is 1. The Morgan fingerprint density at radius 3 is 1.45 bits per heavy atom. The summed E-state index contributed by atoms with van der Waals surface area (Å²) < 4.78 is 9.52. The summed E-state index contributed by atoms with van der Waals surface area (Å²) >= 11 is 0. The molecular weight excluding hydrogens is 140 g/mol. The molecule has 0 atom stereocenters. The van der Waals surface area contributed by atoms with Crippen LogP contribution in [0.25, 0.3) is 0 Å². The molecule has 0 aromatic carbocycles. The third kappa shape index (κ3) is 40.5. The molecule has 0 rings (SSSR count). The van der Waals surface area contributed by atoms with Gasteiger partial charge in [0.1, 0.15) is 0 Å². The molecule has 0 aliphatic carbocycles. The van der Waals surface area contributed by atoms with E-state index < -0.39 is 0 Å². The minimum absolute atomic E-state index is 0. The molecular formula is C9H24O2. The standard InChI is InChI=1S/2C4H10O.CH4/c1-3-4-5-2;1-3-5-4-2;/h2*3-4H2,1-2H3;1H4. The Morgan fingerprint density at radius 2 is 1.45 bits per heavy atom. The summed E-state index contributed by atoms with van der Waals surface area (Å²) in [6.07, 6.45) is 1.12. The van der Waals surface area contributed by atoms with Gasteiger partial charge in [0, 0.05) is 26.9 Å². The van der Waals surface area contributed by atoms with Crippen LogP contribution in [0.15, 0.2) is 0 Å². The fourth-order valence-corrected chi connectivity index (χ4v) is 0.408. The van der Waals surface area contributed by atoms with Crippen LogP contribution in [-0.2, 0) is 9.47 Å². The molecule has 0 fully saturated rings. The highest BCUT2D eigenvalue weighted by Gasteiger charge is 1.66. The Morgan fingerprint density at radius 1 is 1.00 bits per heavy atom. The first-order valence-corrected chi connectivity index (χ1v) is 3.90. The van der Waals surface area contributed by atoms with Crippen molar-refractivity contribution < 1.29 is 9.47 Å². The van der Waals surface area contributed by atoms with Crippen molar-refractivity contribution in [1.29, 1.82) is 0 Å². The summed E-state index contributed by atoms with van der Waals surface area (Å²) in [5.41, 5.74) is 0. The van der Waals surface area contributed by atoms with Crippen molar-refractivity contribution in [2.45, 2.75) is 34.6 Å². The summed E-state index contributed by atoms with van der Waals surface area (Å²) in [5, 5.41) is 0. The quantitative estimate of drug-likeness (QED) is 0.636. The van der Waals surface area contributed by atoms with Crippen LogP contribution in [-0.4, -0.2) is 26.9 Å². The molecule has 2 nitrogen and oxygen atoms in total. The van der Waals surface area contributed by atoms with Crippen molar-refractivity contribution in [2.75, 3.05) is 26.9 Å². The Balaban J connectivity index is -0.000000107. The predicted molar refractivity (Wildman–Crippen MR) is 51.1 cm³/mol. The highest BCUT2D eigenvalue weighted by Crippen LogP contribution is 1.70. The molecule has 0 aromatic heterocycles. The molecule has 0 saturated heterocycles. The minimum atomic E-state index is 0. The maximum atomic E-state index is 4.83. The monoisotopic (exact) mass is 164 g/mol. The van der Waals surface area contributed by atoms with Gasteiger partial charge in [-0.2, -0.15) is 0 Å². The molecule has 0 radical (unpaired) electrons. The first kappa shape index (κ1) is 17.1. The molecule has 11 heavy (non-hydrogen) atoms. The van der Waals surface area contributed by atoms with Crippen molar-refractivity contribution in [3.8, 4) is 0 Å². The number of ether oxygens (including phenoxy) is 2. The third-order valence-corrected chi connectivity index (χ3v) is 0.816. The summed E-state index contributed by atoms with van der Waals surface area (Å²) in [4.78, 5) is 0. The van der Waals surface area contributed by atoms with Crippen molar-refractivity contribution in [3.05, 3.63) is 0 Å². The zero-order valence-electron chi connectivity index (χ0n) is 7.64. The van der Waals surface area contributed by atoms with Gasteiger partial charge in [0.15, 0.2) is 0 Å². The predicted octanol–water partition coefficient (Wildman–Crippen LogP) is 2.72. The van der Waals surface area contributed by atoms with Gasteiger partial charge in [0.05, 0.1) is 0 Å². The van der Waals surface area contributed by atoms with Crippen LogP contribution < -0.4 is 0 Å². The summed E-state index contributed by atoms with van der Waals surface area (Å²) in [6, 6.07) is 0. The molecule has 0 heterocycles. The first-order chi connectivity index (χ1) is 4.83. The van der Waals surface area contributed by atoms with E-state index in [0.717, 1.165) is 26.2 Å². The zero-order valence-corrected chi connectivity index (χ0v) is 7.64. The van der Waals surface area contributed by atoms with E-state index >= 15 is 0 Å². The number of hydrogen-bond acceptors (Lipinski definition) is 2. The Hall–Kier alpha value is -0.0800. The average Bonchev–Trinajstić information content (AvgIpc) is 1.93. The highest BCUT2D eigenvalue weighted by atomic mass is 16.5. The van der Waals surface area contributed by atoms with E-state index in [0.29, 0.717) is 0 Å². The Kier molecular flexibility index (Phi) is 35.1. The van der Waals surface area contributed by atoms with Crippen LogP contribution in [0.4, 0.5) is 0 Å². The second-order valence-electron chi connectivity index (χ2n) is 1.77. The van der Waals surface area contributed by atoms with E-state index in [9.17, 15) is 0 Å². The summed E-state index contributed by atoms with van der Waals surface area (Å²) in [7, 11) is 1.71. The number of hydrogen-bond donors (Lipinski definition) is 0. The molecule has 72 valence electrons. The fourth-order valence-electron chi connectivity index (χ4n) is 0.408. The van der Waals surface area contributed by atoms with Gasteiger partial charge in [-0.05, 0) is 20.3 Å². The molecule has 0 saturated carbocycles. The van der Waals surface area contributed by atoms with Gasteiger partial charge in [-0.3, -0.25) is 0 Å². The van der Waals surface area contributed by atoms with Gasteiger partial charge < -0.3 is 9.47 Å². The van der Waals surface area contributed by atoms with Gasteiger partial charge in [-0.1, -0.05) is 14.4 Å². The van der Waals surface area contributed by atoms with E-state index in [-0.39, 0.29) is 7.43 Å². The molecule has 0 amide bonds. The van der Waals surface area contributed by atoms with E-state index in [2.05, 4.69) is 6.92 Å². The SMILES string of the molecule is C.CCCOC.CCOCC. The number of rotatable bonds is 4. The minimum Gasteiger partial charge on any atom is -0.385 e. The first-order valence-electron chi connectivity index (χ1n) is 3.90. The largest absolute Gasteiger partial charge is 0.385 e. The molecule has 0 bridgehead atoms. The van der Waals surface area contributed by atoms with Crippen LogP contribution in [0.3, 0.4) is 0 Å². The van der Waals surface area contributed by atoms with Crippen LogP contribution >= 0.6 is 0 Å². The van der Waals surface area contributed by atoms with E-state index in [1.165, 1.54) is 0 Å². The lowest BCUT2D eigenvalue weighted by molar-refractivity contribution is 0.162. The van der Waals surface area contributed by atoms with Gasteiger partial charge in [-0.15, -0.1) is 0 Å². The van der Waals surface area contributed by atoms with Gasteiger partial charge in [0.25, 0.3) is 0 Å². The molecule has 0 aliphatic heterocycles. The van der Waals surface area contributed by atoms with Crippen molar-refractivity contribution in [2.24, 2.45) is 0 Å². The Bertz CT molecular complexity index is 28.5. The van der Waals surface area contributed by atoms with Crippen LogP contribution in [0.1, 0.15) is 34.6 Å². The summed E-state index contributed by atoms with van der Waals surface area (Å²) in [6.45, 7) is 8.64. The maximum absolute atomic E-state index is 4.83. The lowest BCUT2D eigenvalue weighted by atomic mass is 10.5. The highest BCUT2D eigenvalue weighted by molar-refractivity contribution is 4.15. The van der Waals surface area contributed by atoms with Crippen molar-refractivity contribution >= 4 is 0 Å². The van der Waals surface area contributed by atoms with E-state index in [1.807, 2.05) is 13.8 Å². The van der Waals surface area contributed by atoms with Crippen LogP contribution in [0, 0.1) is 0 Å². The van der Waals surface area contributed by atoms with Gasteiger partial charge >= 0.3 is 0 Å². The smallest absolute Gasteiger partial charge is 0.0459 e. The fraction of sp³-hybridized carbons (Fsp3) is 1.00. The van der Waals surface area contributed by atoms with Crippen LogP contribution in [0.2, 0.25) is 0 Å². The lowest BCUT2D eigenvalue weighted by Gasteiger charge is -1.86. The van der Waals surface area contributed by atoms with E-state index in [4.69, 9.17) is 9.47 Å². The normalized spacial score (nSPS) is 7.64. The second-order valence-corrected chi connectivity index (χ2v) is 1.77. The second kappa shape index (κ2) is 22.5. The average molecular weight is 164 g/mol. The molecule has 0 unspecified atom stereocenters. The van der Waals surface area contributed by atoms with Gasteiger partial charge in [-0.25, -0.2) is 0 Å². The summed E-state index contributed by atoms with van der Waals surface area (Å²) in [5.74, 6) is 0. The zero-order chi connectivity index (χ0) is 8.24. The van der Waals surface area contributed by atoms with Gasteiger partial charge in [0.2, 0.25) is 0 Å². The molecule has 0 aliphatic rings. The molecule has 0 aromatic rings. The molecule has 0 spiro atoms. The van der Waals surface area contributed by atoms with E-state index in [1.54, 1.807) is 7.11 Å².